The van der Waals surface area contributed by atoms with E-state index >= 15 is 0 Å². The zero-order valence-corrected chi connectivity index (χ0v) is 6.83. The summed E-state index contributed by atoms with van der Waals surface area (Å²) in [7, 11) is 0. The van der Waals surface area contributed by atoms with E-state index in [9.17, 15) is 4.39 Å². The van der Waals surface area contributed by atoms with Gasteiger partial charge in [-0.3, -0.25) is 0 Å². The highest BCUT2D eigenvalue weighted by molar-refractivity contribution is 5.64. The molecule has 0 radical (unpaired) electrons. The Morgan fingerprint density at radius 3 is 2.31 bits per heavy atom. The number of nitrogen functional groups attached to an aromatic ring is 1. The van der Waals surface area contributed by atoms with Gasteiger partial charge in [-0.1, -0.05) is 12.1 Å². The summed E-state index contributed by atoms with van der Waals surface area (Å²) in [5.74, 6) is 0.111. The Balaban J connectivity index is 2.41. The summed E-state index contributed by atoms with van der Waals surface area (Å²) in [6.45, 7) is 0. The topological polar surface area (TPSA) is 39.2 Å². The highest BCUT2D eigenvalue weighted by Crippen LogP contribution is 2.22. The molecule has 2 rings (SSSR count). The third-order valence-electron chi connectivity index (χ3n) is 1.80. The first kappa shape index (κ1) is 7.86. The van der Waals surface area contributed by atoms with Crippen molar-refractivity contribution in [1.82, 2.24) is 0 Å². The maximum atomic E-state index is 12.6. The van der Waals surface area contributed by atoms with Crippen molar-refractivity contribution in [3.05, 3.63) is 42.4 Å². The maximum absolute atomic E-state index is 12.6. The second-order valence-corrected chi connectivity index (χ2v) is 2.74. The van der Waals surface area contributed by atoms with Gasteiger partial charge in [0.2, 0.25) is 0 Å². The molecule has 2 aromatic rings. The molecule has 0 spiro atoms. The summed E-state index contributed by atoms with van der Waals surface area (Å²) in [5.41, 5.74) is 7.15. The molecular formula is C10H8FNO. The Hall–Kier alpha value is -1.77. The van der Waals surface area contributed by atoms with Gasteiger partial charge in [-0.25, -0.2) is 4.39 Å². The first-order valence-electron chi connectivity index (χ1n) is 3.85. The van der Waals surface area contributed by atoms with Crippen LogP contribution in [0.25, 0.3) is 11.1 Å². The maximum Gasteiger partial charge on any atom is 0.190 e. The average Bonchev–Trinajstić information content (AvgIpc) is 2.53. The van der Waals surface area contributed by atoms with Gasteiger partial charge in [0, 0.05) is 11.6 Å². The van der Waals surface area contributed by atoms with E-state index in [1.165, 1.54) is 12.1 Å². The van der Waals surface area contributed by atoms with Gasteiger partial charge in [-0.15, -0.1) is 0 Å². The Morgan fingerprint density at radius 1 is 1.08 bits per heavy atom. The summed E-state index contributed by atoms with van der Waals surface area (Å²) >= 11 is 0. The first-order chi connectivity index (χ1) is 6.25. The van der Waals surface area contributed by atoms with Crippen LogP contribution in [0.2, 0.25) is 0 Å². The van der Waals surface area contributed by atoms with Crippen LogP contribution in [0.4, 0.5) is 10.3 Å². The molecule has 0 saturated carbocycles. The number of anilines is 1. The van der Waals surface area contributed by atoms with Gasteiger partial charge in [0.05, 0.1) is 0 Å². The molecule has 66 valence electrons. The van der Waals surface area contributed by atoms with Gasteiger partial charge < -0.3 is 10.2 Å². The van der Waals surface area contributed by atoms with E-state index in [1.807, 2.05) is 0 Å². The van der Waals surface area contributed by atoms with Crippen LogP contribution in [-0.4, -0.2) is 0 Å². The number of benzene rings is 1. The zero-order valence-electron chi connectivity index (χ0n) is 6.83. The summed E-state index contributed by atoms with van der Waals surface area (Å²) in [6, 6.07) is 7.86. The van der Waals surface area contributed by atoms with Crippen molar-refractivity contribution in [2.45, 2.75) is 0 Å². The average molecular weight is 177 g/mol. The molecule has 0 amide bonds. The van der Waals surface area contributed by atoms with Crippen LogP contribution in [-0.2, 0) is 0 Å². The second kappa shape index (κ2) is 2.94. The molecule has 0 atom stereocenters. The molecule has 0 bridgehead atoms. The van der Waals surface area contributed by atoms with Crippen molar-refractivity contribution >= 4 is 5.88 Å². The van der Waals surface area contributed by atoms with Gasteiger partial charge in [0.1, 0.15) is 12.1 Å². The third kappa shape index (κ3) is 1.54. The van der Waals surface area contributed by atoms with Gasteiger partial charge in [-0.2, -0.15) is 0 Å². The molecule has 0 aliphatic heterocycles. The smallest absolute Gasteiger partial charge is 0.190 e. The molecule has 2 nitrogen and oxygen atoms in total. The summed E-state index contributed by atoms with van der Waals surface area (Å²) in [5, 5.41) is 0. The molecule has 1 aromatic carbocycles. The van der Waals surface area contributed by atoms with Gasteiger partial charge >= 0.3 is 0 Å². The van der Waals surface area contributed by atoms with Gasteiger partial charge in [0.25, 0.3) is 0 Å². The Bertz CT molecular complexity index is 405. The van der Waals surface area contributed by atoms with Crippen molar-refractivity contribution in [2.24, 2.45) is 0 Å². The Labute approximate surface area is 74.8 Å². The normalized spacial score (nSPS) is 10.2. The van der Waals surface area contributed by atoms with Crippen molar-refractivity contribution in [1.29, 1.82) is 0 Å². The molecule has 0 aliphatic rings. The molecule has 1 heterocycles. The van der Waals surface area contributed by atoms with E-state index in [0.717, 1.165) is 11.1 Å². The number of halogens is 1. The summed E-state index contributed by atoms with van der Waals surface area (Å²) < 4.78 is 17.5. The molecule has 0 aliphatic carbocycles. The van der Waals surface area contributed by atoms with Crippen LogP contribution < -0.4 is 5.73 Å². The molecule has 0 saturated heterocycles. The van der Waals surface area contributed by atoms with Crippen molar-refractivity contribution in [3.8, 4) is 11.1 Å². The highest BCUT2D eigenvalue weighted by Gasteiger charge is 2.01. The van der Waals surface area contributed by atoms with Crippen LogP contribution >= 0.6 is 0 Å². The minimum atomic E-state index is -0.250. The summed E-state index contributed by atoms with van der Waals surface area (Å²) in [4.78, 5) is 0. The largest absolute Gasteiger partial charge is 0.449 e. The predicted octanol–water partition coefficient (Wildman–Crippen LogP) is 2.67. The minimum Gasteiger partial charge on any atom is -0.449 e. The van der Waals surface area contributed by atoms with E-state index in [4.69, 9.17) is 10.2 Å². The lowest BCUT2D eigenvalue weighted by Crippen LogP contribution is -1.77. The quantitative estimate of drug-likeness (QED) is 0.727. The molecule has 0 unspecified atom stereocenters. The monoisotopic (exact) mass is 177 g/mol. The number of furan rings is 1. The SMILES string of the molecule is Nc1cc(-c2ccc(F)cc2)co1. The Morgan fingerprint density at radius 2 is 1.77 bits per heavy atom. The standard InChI is InChI=1S/C10H8FNO/c11-9-3-1-7(2-4-9)8-5-10(12)13-6-8/h1-6H,12H2. The lowest BCUT2D eigenvalue weighted by molar-refractivity contribution is 0.588. The molecule has 13 heavy (non-hydrogen) atoms. The van der Waals surface area contributed by atoms with Gasteiger partial charge in [0.15, 0.2) is 5.88 Å². The van der Waals surface area contributed by atoms with E-state index in [2.05, 4.69) is 0 Å². The fourth-order valence-electron chi connectivity index (χ4n) is 1.15. The fourth-order valence-corrected chi connectivity index (χ4v) is 1.15. The van der Waals surface area contributed by atoms with Crippen LogP contribution in [0.5, 0.6) is 0 Å². The molecular weight excluding hydrogens is 169 g/mol. The molecule has 0 fully saturated rings. The Kier molecular flexibility index (Phi) is 1.77. The summed E-state index contributed by atoms with van der Waals surface area (Å²) in [6.07, 6.45) is 1.54. The van der Waals surface area contributed by atoms with Gasteiger partial charge in [-0.05, 0) is 17.7 Å². The molecule has 3 heteroatoms. The number of hydrogen-bond donors (Lipinski definition) is 1. The molecule has 1 aromatic heterocycles. The number of rotatable bonds is 1. The van der Waals surface area contributed by atoms with E-state index in [0.29, 0.717) is 5.88 Å². The van der Waals surface area contributed by atoms with Crippen molar-refractivity contribution < 1.29 is 8.81 Å². The third-order valence-corrected chi connectivity index (χ3v) is 1.80. The lowest BCUT2D eigenvalue weighted by Gasteiger charge is -1.94. The van der Waals surface area contributed by atoms with Crippen LogP contribution in [0.1, 0.15) is 0 Å². The van der Waals surface area contributed by atoms with E-state index in [-0.39, 0.29) is 5.82 Å². The predicted molar refractivity (Wildman–Crippen MR) is 48.5 cm³/mol. The highest BCUT2D eigenvalue weighted by atomic mass is 19.1. The fraction of sp³-hybridized carbons (Fsp3) is 0. The van der Waals surface area contributed by atoms with Crippen LogP contribution in [0.15, 0.2) is 41.0 Å². The second-order valence-electron chi connectivity index (χ2n) is 2.74. The lowest BCUT2D eigenvalue weighted by atomic mass is 10.1. The zero-order chi connectivity index (χ0) is 9.26. The van der Waals surface area contributed by atoms with Crippen molar-refractivity contribution in [2.75, 3.05) is 5.73 Å². The first-order valence-corrected chi connectivity index (χ1v) is 3.85. The molecule has 2 N–H and O–H groups in total. The van der Waals surface area contributed by atoms with Crippen LogP contribution in [0.3, 0.4) is 0 Å². The number of nitrogens with two attached hydrogens (primary N) is 1. The minimum absolute atomic E-state index is 0.250. The van der Waals surface area contributed by atoms with Crippen molar-refractivity contribution in [3.63, 3.8) is 0 Å². The van der Waals surface area contributed by atoms with E-state index in [1.54, 1.807) is 24.5 Å². The number of hydrogen-bond acceptors (Lipinski definition) is 2. The van der Waals surface area contributed by atoms with Crippen LogP contribution in [0, 0.1) is 5.82 Å². The van der Waals surface area contributed by atoms with E-state index < -0.39 is 0 Å².